The van der Waals surface area contributed by atoms with E-state index in [0.29, 0.717) is 5.92 Å². The zero-order valence-corrected chi connectivity index (χ0v) is 8.68. The molecule has 0 aromatic heterocycles. The molecule has 0 saturated carbocycles. The second kappa shape index (κ2) is 5.22. The van der Waals surface area contributed by atoms with Gasteiger partial charge in [-0.1, -0.05) is 6.92 Å². The SMILES string of the molecule is CCCNCC1CCN(C(C)=O)C1. The van der Waals surface area contributed by atoms with Gasteiger partial charge < -0.3 is 10.2 Å². The molecule has 1 aliphatic rings. The van der Waals surface area contributed by atoms with E-state index in [1.165, 1.54) is 6.42 Å². The number of carbonyl (C=O) groups excluding carboxylic acids is 1. The molecule has 0 aromatic carbocycles. The van der Waals surface area contributed by atoms with Gasteiger partial charge in [0.15, 0.2) is 0 Å². The second-order valence-electron chi connectivity index (χ2n) is 3.82. The third-order valence-electron chi connectivity index (χ3n) is 2.59. The molecule has 1 aliphatic heterocycles. The van der Waals surface area contributed by atoms with Crippen LogP contribution in [0.3, 0.4) is 0 Å². The topological polar surface area (TPSA) is 32.3 Å². The summed E-state index contributed by atoms with van der Waals surface area (Å²) in [7, 11) is 0. The first-order chi connectivity index (χ1) is 6.24. The van der Waals surface area contributed by atoms with Gasteiger partial charge in [-0.3, -0.25) is 4.79 Å². The Morgan fingerprint density at radius 2 is 2.38 bits per heavy atom. The van der Waals surface area contributed by atoms with Crippen LogP contribution in [-0.2, 0) is 4.79 Å². The van der Waals surface area contributed by atoms with Crippen LogP contribution in [0.15, 0.2) is 0 Å². The summed E-state index contributed by atoms with van der Waals surface area (Å²) in [6.45, 7) is 7.89. The Balaban J connectivity index is 2.14. The van der Waals surface area contributed by atoms with E-state index in [1.807, 2.05) is 4.90 Å². The fraction of sp³-hybridized carbons (Fsp3) is 0.900. The van der Waals surface area contributed by atoms with Gasteiger partial charge in [0.25, 0.3) is 0 Å². The Labute approximate surface area is 80.5 Å². The standard InChI is InChI=1S/C10H20N2O/c1-3-5-11-7-10-4-6-12(8-10)9(2)13/h10-11H,3-8H2,1-2H3. The molecule has 1 N–H and O–H groups in total. The molecular weight excluding hydrogens is 164 g/mol. The summed E-state index contributed by atoms with van der Waals surface area (Å²) in [6, 6.07) is 0. The van der Waals surface area contributed by atoms with Gasteiger partial charge in [0.2, 0.25) is 5.91 Å². The van der Waals surface area contributed by atoms with Gasteiger partial charge in [-0.25, -0.2) is 0 Å². The average molecular weight is 184 g/mol. The minimum atomic E-state index is 0.220. The Morgan fingerprint density at radius 3 is 2.92 bits per heavy atom. The minimum absolute atomic E-state index is 0.220. The Kier molecular flexibility index (Phi) is 4.22. The number of likely N-dealkylation sites (tertiary alicyclic amines) is 1. The lowest BCUT2D eigenvalue weighted by Gasteiger charge is -2.14. The molecule has 1 unspecified atom stereocenters. The summed E-state index contributed by atoms with van der Waals surface area (Å²) < 4.78 is 0. The van der Waals surface area contributed by atoms with E-state index in [9.17, 15) is 4.79 Å². The summed E-state index contributed by atoms with van der Waals surface area (Å²) in [5.74, 6) is 0.897. The first kappa shape index (κ1) is 10.5. The fourth-order valence-electron chi connectivity index (χ4n) is 1.77. The van der Waals surface area contributed by atoms with E-state index in [1.54, 1.807) is 6.92 Å². The molecule has 1 fully saturated rings. The number of nitrogens with zero attached hydrogens (tertiary/aromatic N) is 1. The van der Waals surface area contributed by atoms with E-state index in [4.69, 9.17) is 0 Å². The van der Waals surface area contributed by atoms with Gasteiger partial charge >= 0.3 is 0 Å². The average Bonchev–Trinajstić information content (AvgIpc) is 2.53. The molecule has 0 bridgehead atoms. The number of amides is 1. The zero-order chi connectivity index (χ0) is 9.68. The highest BCUT2D eigenvalue weighted by Crippen LogP contribution is 2.14. The Morgan fingerprint density at radius 1 is 1.62 bits per heavy atom. The quantitative estimate of drug-likeness (QED) is 0.657. The molecule has 1 amide bonds. The zero-order valence-electron chi connectivity index (χ0n) is 8.68. The van der Waals surface area contributed by atoms with Crippen LogP contribution in [0.25, 0.3) is 0 Å². The van der Waals surface area contributed by atoms with Gasteiger partial charge in [0.05, 0.1) is 0 Å². The van der Waals surface area contributed by atoms with Crippen LogP contribution in [0, 0.1) is 5.92 Å². The van der Waals surface area contributed by atoms with Crippen molar-refractivity contribution in [3.63, 3.8) is 0 Å². The van der Waals surface area contributed by atoms with Crippen molar-refractivity contribution in [1.29, 1.82) is 0 Å². The Bertz CT molecular complexity index is 170. The van der Waals surface area contributed by atoms with E-state index in [2.05, 4.69) is 12.2 Å². The molecule has 1 heterocycles. The lowest BCUT2D eigenvalue weighted by molar-refractivity contribution is -0.127. The normalized spacial score (nSPS) is 22.3. The fourth-order valence-corrected chi connectivity index (χ4v) is 1.77. The monoisotopic (exact) mass is 184 g/mol. The van der Waals surface area contributed by atoms with Crippen LogP contribution in [-0.4, -0.2) is 37.0 Å². The number of rotatable bonds is 4. The molecule has 0 aliphatic carbocycles. The van der Waals surface area contributed by atoms with E-state index in [-0.39, 0.29) is 5.91 Å². The summed E-state index contributed by atoms with van der Waals surface area (Å²) in [5.41, 5.74) is 0. The van der Waals surface area contributed by atoms with Gasteiger partial charge in [-0.05, 0) is 31.8 Å². The predicted molar refractivity (Wildman–Crippen MR) is 53.5 cm³/mol. The number of nitrogens with one attached hydrogen (secondary N) is 1. The number of hydrogen-bond donors (Lipinski definition) is 1. The molecule has 1 saturated heterocycles. The minimum Gasteiger partial charge on any atom is -0.343 e. The van der Waals surface area contributed by atoms with Crippen LogP contribution in [0.5, 0.6) is 0 Å². The first-order valence-corrected chi connectivity index (χ1v) is 5.20. The van der Waals surface area contributed by atoms with Gasteiger partial charge in [-0.15, -0.1) is 0 Å². The molecule has 13 heavy (non-hydrogen) atoms. The molecule has 1 rings (SSSR count). The summed E-state index contributed by atoms with van der Waals surface area (Å²) >= 11 is 0. The molecule has 0 aromatic rings. The van der Waals surface area contributed by atoms with Gasteiger partial charge in [-0.2, -0.15) is 0 Å². The highest BCUT2D eigenvalue weighted by atomic mass is 16.2. The van der Waals surface area contributed by atoms with E-state index >= 15 is 0 Å². The largest absolute Gasteiger partial charge is 0.343 e. The van der Waals surface area contributed by atoms with Gasteiger partial charge in [0.1, 0.15) is 0 Å². The van der Waals surface area contributed by atoms with Crippen LogP contribution in [0.4, 0.5) is 0 Å². The van der Waals surface area contributed by atoms with Crippen LogP contribution in [0.2, 0.25) is 0 Å². The Hall–Kier alpha value is -0.570. The van der Waals surface area contributed by atoms with Crippen molar-refractivity contribution in [1.82, 2.24) is 10.2 Å². The van der Waals surface area contributed by atoms with Crippen molar-refractivity contribution in [2.24, 2.45) is 5.92 Å². The summed E-state index contributed by atoms with van der Waals surface area (Å²) in [6.07, 6.45) is 2.35. The van der Waals surface area contributed by atoms with Crippen molar-refractivity contribution in [3.05, 3.63) is 0 Å². The molecule has 0 radical (unpaired) electrons. The lowest BCUT2D eigenvalue weighted by atomic mass is 10.1. The number of hydrogen-bond acceptors (Lipinski definition) is 2. The maximum Gasteiger partial charge on any atom is 0.219 e. The first-order valence-electron chi connectivity index (χ1n) is 5.20. The lowest BCUT2D eigenvalue weighted by Crippen LogP contribution is -2.29. The van der Waals surface area contributed by atoms with Crippen molar-refractivity contribution < 1.29 is 4.79 Å². The smallest absolute Gasteiger partial charge is 0.219 e. The number of carbonyl (C=O) groups is 1. The van der Waals surface area contributed by atoms with Crippen LogP contribution >= 0.6 is 0 Å². The molecule has 0 spiro atoms. The third-order valence-corrected chi connectivity index (χ3v) is 2.59. The van der Waals surface area contributed by atoms with Crippen molar-refractivity contribution in [2.45, 2.75) is 26.7 Å². The summed E-state index contributed by atoms with van der Waals surface area (Å²) in [5, 5.41) is 3.40. The summed E-state index contributed by atoms with van der Waals surface area (Å²) in [4.78, 5) is 13.0. The van der Waals surface area contributed by atoms with E-state index < -0.39 is 0 Å². The van der Waals surface area contributed by atoms with Crippen molar-refractivity contribution in [2.75, 3.05) is 26.2 Å². The van der Waals surface area contributed by atoms with Crippen LogP contribution < -0.4 is 5.32 Å². The van der Waals surface area contributed by atoms with Crippen molar-refractivity contribution in [3.8, 4) is 0 Å². The predicted octanol–water partition coefficient (Wildman–Crippen LogP) is 0.854. The maximum atomic E-state index is 11.0. The third kappa shape index (κ3) is 3.35. The molecule has 76 valence electrons. The molecule has 1 atom stereocenters. The van der Waals surface area contributed by atoms with Crippen molar-refractivity contribution >= 4 is 5.91 Å². The second-order valence-corrected chi connectivity index (χ2v) is 3.82. The maximum absolute atomic E-state index is 11.0. The van der Waals surface area contributed by atoms with Crippen LogP contribution in [0.1, 0.15) is 26.7 Å². The highest BCUT2D eigenvalue weighted by Gasteiger charge is 2.23. The molecular formula is C10H20N2O. The molecule has 3 nitrogen and oxygen atoms in total. The highest BCUT2D eigenvalue weighted by molar-refractivity contribution is 5.73. The van der Waals surface area contributed by atoms with E-state index in [0.717, 1.165) is 32.6 Å². The van der Waals surface area contributed by atoms with Gasteiger partial charge in [0, 0.05) is 20.0 Å². The molecule has 3 heteroatoms.